The first-order valence-electron chi connectivity index (χ1n) is 6.84. The van der Waals surface area contributed by atoms with Crippen molar-refractivity contribution >= 4 is 10.0 Å². The molecule has 0 saturated carbocycles. The van der Waals surface area contributed by atoms with E-state index in [0.717, 1.165) is 13.0 Å². The molecule has 6 nitrogen and oxygen atoms in total. The van der Waals surface area contributed by atoms with Crippen molar-refractivity contribution in [3.63, 3.8) is 0 Å². The van der Waals surface area contributed by atoms with Crippen molar-refractivity contribution in [2.24, 2.45) is 5.73 Å². The average Bonchev–Trinajstić information content (AvgIpc) is 2.43. The van der Waals surface area contributed by atoms with E-state index >= 15 is 0 Å². The highest BCUT2D eigenvalue weighted by Gasteiger charge is 2.18. The van der Waals surface area contributed by atoms with Gasteiger partial charge in [-0.3, -0.25) is 0 Å². The molecule has 1 aromatic carbocycles. The van der Waals surface area contributed by atoms with Crippen molar-refractivity contribution in [1.82, 2.24) is 9.62 Å². The molecule has 3 N–H and O–H groups in total. The van der Waals surface area contributed by atoms with Crippen molar-refractivity contribution in [3.8, 4) is 5.75 Å². The standard InChI is InChI=1S/C14H25N3O3S/c1-11(7-8-17(2)3)16-21(18,19)13-5-6-14(20-4)12(9-13)10-15/h5-6,9,11,16H,7-8,10,15H2,1-4H3. The van der Waals surface area contributed by atoms with Crippen LogP contribution in [0.25, 0.3) is 0 Å². The van der Waals surface area contributed by atoms with Crippen LogP contribution in [0.2, 0.25) is 0 Å². The molecule has 0 bridgehead atoms. The molecule has 0 aliphatic rings. The van der Waals surface area contributed by atoms with Gasteiger partial charge in [-0.15, -0.1) is 0 Å². The van der Waals surface area contributed by atoms with E-state index in [2.05, 4.69) is 4.72 Å². The molecule has 0 saturated heterocycles. The van der Waals surface area contributed by atoms with Crippen LogP contribution in [0.1, 0.15) is 18.9 Å². The third-order valence-electron chi connectivity index (χ3n) is 3.15. The van der Waals surface area contributed by atoms with Gasteiger partial charge in [0.15, 0.2) is 0 Å². The van der Waals surface area contributed by atoms with E-state index in [9.17, 15) is 8.42 Å². The van der Waals surface area contributed by atoms with E-state index in [1.54, 1.807) is 12.1 Å². The Morgan fingerprint density at radius 2 is 2.05 bits per heavy atom. The monoisotopic (exact) mass is 315 g/mol. The van der Waals surface area contributed by atoms with Crippen LogP contribution in [0.15, 0.2) is 23.1 Å². The van der Waals surface area contributed by atoms with Gasteiger partial charge in [0.1, 0.15) is 5.75 Å². The summed E-state index contributed by atoms with van der Waals surface area (Å²) in [5, 5.41) is 0. The molecule has 0 aliphatic carbocycles. The number of nitrogens with two attached hydrogens (primary N) is 1. The smallest absolute Gasteiger partial charge is 0.240 e. The average molecular weight is 315 g/mol. The van der Waals surface area contributed by atoms with Gasteiger partial charge in [0.2, 0.25) is 10.0 Å². The molecule has 0 radical (unpaired) electrons. The Bertz CT molecular complexity index is 559. The summed E-state index contributed by atoms with van der Waals surface area (Å²) in [4.78, 5) is 2.23. The zero-order chi connectivity index (χ0) is 16.0. The maximum absolute atomic E-state index is 12.3. The van der Waals surface area contributed by atoms with Gasteiger partial charge in [-0.25, -0.2) is 13.1 Å². The van der Waals surface area contributed by atoms with E-state index < -0.39 is 10.0 Å². The second-order valence-corrected chi connectivity index (χ2v) is 7.01. The summed E-state index contributed by atoms with van der Waals surface area (Å²) in [5.74, 6) is 0.595. The molecule has 120 valence electrons. The van der Waals surface area contributed by atoms with Gasteiger partial charge in [-0.2, -0.15) is 0 Å². The van der Waals surface area contributed by atoms with Gasteiger partial charge in [-0.05, 0) is 52.2 Å². The Balaban J connectivity index is 2.87. The van der Waals surface area contributed by atoms with Crippen molar-refractivity contribution in [1.29, 1.82) is 0 Å². The van der Waals surface area contributed by atoms with E-state index in [-0.39, 0.29) is 17.5 Å². The first-order chi connectivity index (χ1) is 9.80. The molecular weight excluding hydrogens is 290 g/mol. The number of sulfonamides is 1. The number of nitrogens with one attached hydrogen (secondary N) is 1. The molecule has 0 aliphatic heterocycles. The molecule has 0 amide bonds. The van der Waals surface area contributed by atoms with Crippen LogP contribution in [0, 0.1) is 0 Å². The Morgan fingerprint density at radius 1 is 1.38 bits per heavy atom. The summed E-state index contributed by atoms with van der Waals surface area (Å²) >= 11 is 0. The van der Waals surface area contributed by atoms with Crippen molar-refractivity contribution in [2.45, 2.75) is 30.8 Å². The van der Waals surface area contributed by atoms with Crippen molar-refractivity contribution < 1.29 is 13.2 Å². The molecule has 1 rings (SSSR count). The van der Waals surface area contributed by atoms with Gasteiger partial charge >= 0.3 is 0 Å². The highest BCUT2D eigenvalue weighted by molar-refractivity contribution is 7.89. The minimum atomic E-state index is -3.54. The molecule has 0 spiro atoms. The molecule has 0 aromatic heterocycles. The maximum atomic E-state index is 12.3. The van der Waals surface area contributed by atoms with Gasteiger partial charge in [0, 0.05) is 18.2 Å². The highest BCUT2D eigenvalue weighted by atomic mass is 32.2. The SMILES string of the molecule is COc1ccc(S(=O)(=O)NC(C)CCN(C)C)cc1CN. The Labute approximate surface area is 127 Å². The molecule has 1 aromatic rings. The summed E-state index contributed by atoms with van der Waals surface area (Å²) in [6.45, 7) is 2.90. The van der Waals surface area contributed by atoms with Crippen molar-refractivity contribution in [2.75, 3.05) is 27.7 Å². The van der Waals surface area contributed by atoms with Gasteiger partial charge < -0.3 is 15.4 Å². The fourth-order valence-corrected chi connectivity index (χ4v) is 3.25. The topological polar surface area (TPSA) is 84.7 Å². The Hall–Kier alpha value is -1.15. The Morgan fingerprint density at radius 3 is 2.57 bits per heavy atom. The summed E-state index contributed by atoms with van der Waals surface area (Å²) in [6, 6.07) is 4.57. The minimum absolute atomic E-state index is 0.138. The summed E-state index contributed by atoms with van der Waals surface area (Å²) in [7, 11) is 1.90. The van der Waals surface area contributed by atoms with Gasteiger partial charge in [0.25, 0.3) is 0 Å². The number of methoxy groups -OCH3 is 1. The zero-order valence-corrected chi connectivity index (χ0v) is 13.9. The Kier molecular flexibility index (Phi) is 6.60. The number of benzene rings is 1. The van der Waals surface area contributed by atoms with E-state index in [1.165, 1.54) is 13.2 Å². The van der Waals surface area contributed by atoms with Gasteiger partial charge in [0.05, 0.1) is 12.0 Å². The lowest BCUT2D eigenvalue weighted by molar-refractivity contribution is 0.379. The first-order valence-corrected chi connectivity index (χ1v) is 8.32. The van der Waals surface area contributed by atoms with Crippen LogP contribution in [0.4, 0.5) is 0 Å². The molecule has 7 heteroatoms. The highest BCUT2D eigenvalue weighted by Crippen LogP contribution is 2.22. The summed E-state index contributed by atoms with van der Waals surface area (Å²) in [6.07, 6.45) is 0.742. The lowest BCUT2D eigenvalue weighted by atomic mass is 10.2. The molecule has 0 heterocycles. The molecule has 21 heavy (non-hydrogen) atoms. The number of hydrogen-bond acceptors (Lipinski definition) is 5. The van der Waals surface area contributed by atoms with Crippen molar-refractivity contribution in [3.05, 3.63) is 23.8 Å². The molecule has 1 unspecified atom stereocenters. The van der Waals surface area contributed by atoms with Crippen LogP contribution in [0.5, 0.6) is 5.75 Å². The third kappa shape index (κ3) is 5.28. The van der Waals surface area contributed by atoms with Crippen LogP contribution in [-0.2, 0) is 16.6 Å². The first kappa shape index (κ1) is 17.9. The van der Waals surface area contributed by atoms with Crippen LogP contribution in [-0.4, -0.2) is 47.1 Å². The lowest BCUT2D eigenvalue weighted by Crippen LogP contribution is -2.34. The molecular formula is C14H25N3O3S. The number of ether oxygens (including phenoxy) is 1. The quantitative estimate of drug-likeness (QED) is 0.740. The summed E-state index contributed by atoms with van der Waals surface area (Å²) < 4.78 is 32.5. The molecule has 0 fully saturated rings. The van der Waals surface area contributed by atoms with E-state index in [4.69, 9.17) is 10.5 Å². The fourth-order valence-electron chi connectivity index (χ4n) is 1.93. The van der Waals surface area contributed by atoms with E-state index in [1.807, 2.05) is 25.9 Å². The fraction of sp³-hybridized carbons (Fsp3) is 0.571. The maximum Gasteiger partial charge on any atom is 0.240 e. The van der Waals surface area contributed by atoms with E-state index in [0.29, 0.717) is 11.3 Å². The number of nitrogens with zero attached hydrogens (tertiary/aromatic N) is 1. The summed E-state index contributed by atoms with van der Waals surface area (Å²) in [5.41, 5.74) is 6.29. The predicted octanol–water partition coefficient (Wildman–Crippen LogP) is 0.772. The van der Waals surface area contributed by atoms with Crippen LogP contribution >= 0.6 is 0 Å². The number of hydrogen-bond donors (Lipinski definition) is 2. The van der Waals surface area contributed by atoms with Crippen LogP contribution < -0.4 is 15.2 Å². The minimum Gasteiger partial charge on any atom is -0.496 e. The number of rotatable bonds is 8. The van der Waals surface area contributed by atoms with Crippen LogP contribution in [0.3, 0.4) is 0 Å². The predicted molar refractivity (Wildman–Crippen MR) is 83.8 cm³/mol. The normalized spacial score (nSPS) is 13.4. The second-order valence-electron chi connectivity index (χ2n) is 5.29. The zero-order valence-electron chi connectivity index (χ0n) is 13.1. The lowest BCUT2D eigenvalue weighted by Gasteiger charge is -2.17. The largest absolute Gasteiger partial charge is 0.496 e. The third-order valence-corrected chi connectivity index (χ3v) is 4.73. The van der Waals surface area contributed by atoms with Gasteiger partial charge in [-0.1, -0.05) is 0 Å². The molecule has 1 atom stereocenters. The second kappa shape index (κ2) is 7.74.